The van der Waals surface area contributed by atoms with Gasteiger partial charge in [0.1, 0.15) is 0 Å². The van der Waals surface area contributed by atoms with E-state index in [0.717, 1.165) is 31.6 Å². The van der Waals surface area contributed by atoms with Crippen molar-refractivity contribution in [3.05, 3.63) is 35.4 Å². The molecular weight excluding hydrogens is 250 g/mol. The molecule has 1 fully saturated rings. The van der Waals surface area contributed by atoms with Crippen LogP contribution in [-0.4, -0.2) is 42.9 Å². The second kappa shape index (κ2) is 7.21. The average molecular weight is 277 g/mol. The molecule has 1 aliphatic rings. The van der Waals surface area contributed by atoms with Crippen molar-refractivity contribution < 1.29 is 9.84 Å². The summed E-state index contributed by atoms with van der Waals surface area (Å²) < 4.78 is 5.54. The van der Waals surface area contributed by atoms with Gasteiger partial charge in [0.25, 0.3) is 0 Å². The van der Waals surface area contributed by atoms with E-state index in [1.165, 1.54) is 12.0 Å². The summed E-state index contributed by atoms with van der Waals surface area (Å²) in [6.07, 6.45) is 1.93. The average Bonchev–Trinajstić information content (AvgIpc) is 2.46. The lowest BCUT2D eigenvalue weighted by molar-refractivity contribution is -0.00867. The van der Waals surface area contributed by atoms with E-state index in [9.17, 15) is 5.11 Å². The van der Waals surface area contributed by atoms with Crippen molar-refractivity contribution >= 4 is 0 Å². The van der Waals surface area contributed by atoms with Gasteiger partial charge in [0, 0.05) is 20.2 Å². The maximum Gasteiger partial charge on any atom is 0.0802 e. The SMILES string of the molecule is COC1CN(CCC(O)c2cccc(C)c2)CCC1C. The van der Waals surface area contributed by atoms with Gasteiger partial charge in [-0.15, -0.1) is 0 Å². The van der Waals surface area contributed by atoms with E-state index in [4.69, 9.17) is 4.74 Å². The van der Waals surface area contributed by atoms with Crippen molar-refractivity contribution in [2.24, 2.45) is 5.92 Å². The Kier molecular flexibility index (Phi) is 5.58. The van der Waals surface area contributed by atoms with E-state index >= 15 is 0 Å². The summed E-state index contributed by atoms with van der Waals surface area (Å²) in [7, 11) is 1.80. The number of likely N-dealkylation sites (tertiary alicyclic amines) is 1. The number of aliphatic hydroxyl groups excluding tert-OH is 1. The van der Waals surface area contributed by atoms with E-state index in [1.54, 1.807) is 7.11 Å². The number of ether oxygens (including phenoxy) is 1. The quantitative estimate of drug-likeness (QED) is 0.898. The minimum absolute atomic E-state index is 0.333. The topological polar surface area (TPSA) is 32.7 Å². The van der Waals surface area contributed by atoms with Crippen molar-refractivity contribution in [3.8, 4) is 0 Å². The Balaban J connectivity index is 1.83. The van der Waals surface area contributed by atoms with Crippen LogP contribution >= 0.6 is 0 Å². The molecule has 3 atom stereocenters. The van der Waals surface area contributed by atoms with Gasteiger partial charge >= 0.3 is 0 Å². The van der Waals surface area contributed by atoms with Crippen molar-refractivity contribution in [2.75, 3.05) is 26.7 Å². The van der Waals surface area contributed by atoms with Crippen LogP contribution in [-0.2, 0) is 4.74 Å². The molecule has 20 heavy (non-hydrogen) atoms. The van der Waals surface area contributed by atoms with Gasteiger partial charge in [0.05, 0.1) is 12.2 Å². The third-order valence-corrected chi connectivity index (χ3v) is 4.42. The molecule has 1 saturated heterocycles. The van der Waals surface area contributed by atoms with E-state index in [1.807, 2.05) is 12.1 Å². The Morgan fingerprint density at radius 3 is 2.95 bits per heavy atom. The van der Waals surface area contributed by atoms with E-state index in [0.29, 0.717) is 12.0 Å². The first-order chi connectivity index (χ1) is 9.60. The van der Waals surface area contributed by atoms with Gasteiger partial charge in [-0.05, 0) is 37.8 Å². The lowest BCUT2D eigenvalue weighted by Crippen LogP contribution is -2.44. The van der Waals surface area contributed by atoms with Gasteiger partial charge in [-0.2, -0.15) is 0 Å². The second-order valence-corrected chi connectivity index (χ2v) is 6.06. The van der Waals surface area contributed by atoms with Crippen LogP contribution in [0.4, 0.5) is 0 Å². The Morgan fingerprint density at radius 2 is 2.25 bits per heavy atom. The predicted octanol–water partition coefficient (Wildman–Crippen LogP) is 2.78. The Hall–Kier alpha value is -0.900. The number of benzene rings is 1. The highest BCUT2D eigenvalue weighted by Crippen LogP contribution is 2.22. The molecule has 112 valence electrons. The highest BCUT2D eigenvalue weighted by atomic mass is 16.5. The molecule has 1 aliphatic heterocycles. The van der Waals surface area contributed by atoms with E-state index in [2.05, 4.69) is 30.9 Å². The van der Waals surface area contributed by atoms with Crippen LogP contribution in [0.15, 0.2) is 24.3 Å². The highest BCUT2D eigenvalue weighted by Gasteiger charge is 2.26. The maximum absolute atomic E-state index is 10.3. The molecule has 3 nitrogen and oxygen atoms in total. The van der Waals surface area contributed by atoms with Crippen LogP contribution < -0.4 is 0 Å². The molecule has 2 rings (SSSR count). The van der Waals surface area contributed by atoms with Crippen LogP contribution in [0.3, 0.4) is 0 Å². The van der Waals surface area contributed by atoms with Crippen molar-refractivity contribution in [1.29, 1.82) is 0 Å². The molecule has 0 aromatic heterocycles. The number of piperidine rings is 1. The molecule has 3 unspecified atom stereocenters. The van der Waals surface area contributed by atoms with Crippen LogP contribution in [0.1, 0.15) is 37.0 Å². The molecule has 0 bridgehead atoms. The first-order valence-electron chi connectivity index (χ1n) is 7.60. The summed E-state index contributed by atoms with van der Waals surface area (Å²) >= 11 is 0. The molecule has 0 amide bonds. The van der Waals surface area contributed by atoms with Gasteiger partial charge < -0.3 is 14.7 Å². The smallest absolute Gasteiger partial charge is 0.0802 e. The zero-order valence-corrected chi connectivity index (χ0v) is 12.9. The summed E-state index contributed by atoms with van der Waals surface area (Å²) in [5, 5.41) is 10.3. The molecule has 1 aromatic carbocycles. The lowest BCUT2D eigenvalue weighted by atomic mass is 9.95. The minimum atomic E-state index is -0.366. The predicted molar refractivity (Wildman–Crippen MR) is 81.8 cm³/mol. The number of methoxy groups -OCH3 is 1. The fourth-order valence-corrected chi connectivity index (χ4v) is 2.96. The Morgan fingerprint density at radius 1 is 1.45 bits per heavy atom. The summed E-state index contributed by atoms with van der Waals surface area (Å²) in [5.41, 5.74) is 2.23. The number of hydrogen-bond acceptors (Lipinski definition) is 3. The van der Waals surface area contributed by atoms with Crippen LogP contribution in [0, 0.1) is 12.8 Å². The Labute approximate surface area is 122 Å². The first-order valence-corrected chi connectivity index (χ1v) is 7.60. The van der Waals surface area contributed by atoms with Gasteiger partial charge in [-0.25, -0.2) is 0 Å². The largest absolute Gasteiger partial charge is 0.388 e. The zero-order valence-electron chi connectivity index (χ0n) is 12.9. The standard InChI is InChI=1S/C17H27NO2/c1-13-5-4-6-15(11-13)16(19)8-10-18-9-7-14(2)17(12-18)20-3/h4-6,11,14,16-17,19H,7-10,12H2,1-3H3. The van der Waals surface area contributed by atoms with Crippen LogP contribution in [0.25, 0.3) is 0 Å². The monoisotopic (exact) mass is 277 g/mol. The molecule has 0 saturated carbocycles. The molecule has 0 aliphatic carbocycles. The van der Waals surface area contributed by atoms with E-state index < -0.39 is 0 Å². The van der Waals surface area contributed by atoms with Crippen LogP contribution in [0.5, 0.6) is 0 Å². The summed E-state index contributed by atoms with van der Waals surface area (Å²) in [5.74, 6) is 0.637. The number of rotatable bonds is 5. The second-order valence-electron chi connectivity index (χ2n) is 6.06. The Bertz CT molecular complexity index is 421. The van der Waals surface area contributed by atoms with Crippen LogP contribution in [0.2, 0.25) is 0 Å². The molecule has 1 N–H and O–H groups in total. The van der Waals surface area contributed by atoms with Crippen molar-refractivity contribution in [2.45, 2.75) is 38.9 Å². The molecule has 3 heteroatoms. The molecule has 0 spiro atoms. The molecular formula is C17H27NO2. The number of nitrogens with zero attached hydrogens (tertiary/aromatic N) is 1. The lowest BCUT2D eigenvalue weighted by Gasteiger charge is -2.36. The number of aryl methyl sites for hydroxylation is 1. The third-order valence-electron chi connectivity index (χ3n) is 4.42. The highest BCUT2D eigenvalue weighted by molar-refractivity contribution is 5.23. The van der Waals surface area contributed by atoms with Crippen molar-refractivity contribution in [1.82, 2.24) is 4.90 Å². The number of hydrogen-bond donors (Lipinski definition) is 1. The van der Waals surface area contributed by atoms with E-state index in [-0.39, 0.29) is 6.10 Å². The summed E-state index contributed by atoms with van der Waals surface area (Å²) in [4.78, 5) is 2.41. The third kappa shape index (κ3) is 4.05. The zero-order chi connectivity index (χ0) is 14.5. The first kappa shape index (κ1) is 15.5. The van der Waals surface area contributed by atoms with Gasteiger partial charge in [0.2, 0.25) is 0 Å². The number of aliphatic hydroxyl groups is 1. The van der Waals surface area contributed by atoms with Crippen molar-refractivity contribution in [3.63, 3.8) is 0 Å². The minimum Gasteiger partial charge on any atom is -0.388 e. The molecule has 1 heterocycles. The van der Waals surface area contributed by atoms with Gasteiger partial charge in [0.15, 0.2) is 0 Å². The normalized spacial score (nSPS) is 25.6. The fraction of sp³-hybridized carbons (Fsp3) is 0.647. The summed E-state index contributed by atoms with van der Waals surface area (Å²) in [6.45, 7) is 7.35. The molecule has 0 radical (unpaired) electrons. The maximum atomic E-state index is 10.3. The van der Waals surface area contributed by atoms with Gasteiger partial charge in [-0.1, -0.05) is 36.8 Å². The van der Waals surface area contributed by atoms with Gasteiger partial charge in [-0.3, -0.25) is 0 Å². The summed E-state index contributed by atoms with van der Waals surface area (Å²) in [6, 6.07) is 8.15. The molecule has 1 aromatic rings. The fourth-order valence-electron chi connectivity index (χ4n) is 2.96.